The van der Waals surface area contributed by atoms with Crippen LogP contribution in [0.25, 0.3) is 0 Å². The summed E-state index contributed by atoms with van der Waals surface area (Å²) >= 11 is 0. The van der Waals surface area contributed by atoms with Crippen LogP contribution in [0.5, 0.6) is 0 Å². The lowest BCUT2D eigenvalue weighted by Crippen LogP contribution is -2.16. The number of ketones is 1. The highest BCUT2D eigenvalue weighted by atomic mass is 127. The molecule has 0 N–H and O–H groups in total. The Hall–Kier alpha value is 0.910. The van der Waals surface area contributed by atoms with Crippen LogP contribution in [0.15, 0.2) is 18.2 Å². The quantitative estimate of drug-likeness (QED) is 0.280. The monoisotopic (exact) mass is 502 g/mol. The smallest absolute Gasteiger partial charge is 0.136 e. The van der Waals surface area contributed by atoms with Crippen molar-refractivity contribution in [3.8, 4) is 0 Å². The lowest BCUT2D eigenvalue weighted by Gasteiger charge is -2.15. The van der Waals surface area contributed by atoms with Gasteiger partial charge in [-0.25, -0.2) is 0 Å². The summed E-state index contributed by atoms with van der Waals surface area (Å²) in [6.45, 7) is 8.68. The Morgan fingerprint density at radius 3 is 1.79 bits per heavy atom. The number of hydrogen-bond acceptors (Lipinski definition) is 1. The third-order valence-corrected chi connectivity index (χ3v) is 4.14. The number of unbranched alkanes of at least 4 members (excludes halogenated alkanes) is 1. The Bertz CT molecular complexity index is 416. The lowest BCUT2D eigenvalue weighted by atomic mass is 9.89. The van der Waals surface area contributed by atoms with Gasteiger partial charge in [-0.1, -0.05) is 52.3 Å². The normalized spacial score (nSPS) is 10.6. The van der Waals surface area contributed by atoms with Crippen molar-refractivity contribution in [2.45, 2.75) is 72.6 Å². The molecule has 0 saturated heterocycles. The van der Waals surface area contributed by atoms with Crippen LogP contribution >= 0.6 is 51.7 Å². The molecule has 0 fully saturated rings. The van der Waals surface area contributed by atoms with E-state index in [2.05, 4.69) is 63.8 Å². The Labute approximate surface area is 175 Å². The fraction of sp³-hybridized carbons (Fsp3) is 0.632. The van der Waals surface area contributed by atoms with Crippen LogP contribution < -0.4 is 0 Å². The molecule has 0 aliphatic carbocycles. The Morgan fingerprint density at radius 2 is 1.42 bits per heavy atom. The predicted octanol–water partition coefficient (Wildman–Crippen LogP) is 6.47. The highest BCUT2D eigenvalue weighted by Crippen LogP contribution is 2.19. The van der Waals surface area contributed by atoms with E-state index in [1.807, 2.05) is 0 Å². The summed E-state index contributed by atoms with van der Waals surface area (Å²) in [4.78, 5) is 12.2. The summed E-state index contributed by atoms with van der Waals surface area (Å²) in [5.74, 6) is 0.660. The van der Waals surface area contributed by atoms with E-state index in [-0.39, 0.29) is 39.8 Å². The topological polar surface area (TPSA) is 17.1 Å². The molecule has 1 aromatic carbocycles. The second-order valence-corrected chi connectivity index (χ2v) is 5.74. The summed E-state index contributed by atoms with van der Waals surface area (Å²) in [5.41, 5.74) is 4.14. The van der Waals surface area contributed by atoms with E-state index in [0.717, 1.165) is 44.9 Å². The van der Waals surface area contributed by atoms with Gasteiger partial charge < -0.3 is 0 Å². The first kappa shape index (κ1) is 29.7. The van der Waals surface area contributed by atoms with Crippen molar-refractivity contribution in [2.75, 3.05) is 0 Å². The molecule has 1 nitrogen and oxygen atoms in total. The van der Waals surface area contributed by atoms with Crippen LogP contribution in [-0.2, 0) is 24.1 Å². The zero-order valence-corrected chi connectivity index (χ0v) is 22.0. The molecule has 0 spiro atoms. The van der Waals surface area contributed by atoms with E-state index < -0.39 is 0 Å². The van der Waals surface area contributed by atoms with Crippen molar-refractivity contribution < 1.29 is 4.79 Å². The Kier molecular flexibility index (Phi) is 23.1. The highest BCUT2D eigenvalue weighted by molar-refractivity contribution is 14.0. The molecular formula is C19H38IOP3. The molecule has 0 heterocycles. The maximum atomic E-state index is 12.2. The largest absolute Gasteiger partial charge is 0.299 e. The summed E-state index contributed by atoms with van der Waals surface area (Å²) in [6, 6.07) is 6.87. The molecular weight excluding hydrogens is 464 g/mol. The minimum absolute atomic E-state index is 0. The van der Waals surface area contributed by atoms with E-state index in [4.69, 9.17) is 0 Å². The number of aryl methyl sites for hydroxylation is 2. The van der Waals surface area contributed by atoms with E-state index in [1.54, 1.807) is 0 Å². The third kappa shape index (κ3) is 11.5. The fourth-order valence-electron chi connectivity index (χ4n) is 2.69. The molecule has 142 valence electrons. The van der Waals surface area contributed by atoms with Crippen molar-refractivity contribution in [3.05, 3.63) is 34.9 Å². The zero-order valence-electron chi connectivity index (χ0n) is 15.9. The number of benzene rings is 1. The SMILES string of the molecule is CCCCC(=O)C(CC)Cc1cc(CC)cc(CC)c1.I.P.PP. The van der Waals surface area contributed by atoms with Crippen molar-refractivity contribution >= 4 is 57.5 Å². The summed E-state index contributed by atoms with van der Waals surface area (Å²) < 4.78 is 0. The molecule has 0 bridgehead atoms. The minimum atomic E-state index is 0. The summed E-state index contributed by atoms with van der Waals surface area (Å²) in [7, 11) is 4.67. The maximum absolute atomic E-state index is 12.2. The van der Waals surface area contributed by atoms with Gasteiger partial charge in [0.05, 0.1) is 0 Å². The van der Waals surface area contributed by atoms with Crippen LogP contribution in [-0.4, -0.2) is 5.78 Å². The van der Waals surface area contributed by atoms with Gasteiger partial charge in [0.2, 0.25) is 0 Å². The van der Waals surface area contributed by atoms with Crippen LogP contribution in [0.3, 0.4) is 0 Å². The first-order chi connectivity index (χ1) is 10.6. The van der Waals surface area contributed by atoms with Gasteiger partial charge in [0.15, 0.2) is 0 Å². The molecule has 0 saturated carbocycles. The molecule has 4 atom stereocenters. The predicted molar refractivity (Wildman–Crippen MR) is 133 cm³/mol. The number of halogens is 1. The van der Waals surface area contributed by atoms with E-state index in [0.29, 0.717) is 5.78 Å². The van der Waals surface area contributed by atoms with Crippen LogP contribution in [0, 0.1) is 5.92 Å². The Balaban J connectivity index is -0.00000106. The third-order valence-electron chi connectivity index (χ3n) is 4.14. The summed E-state index contributed by atoms with van der Waals surface area (Å²) in [5, 5.41) is 0. The summed E-state index contributed by atoms with van der Waals surface area (Å²) in [6.07, 6.45) is 6.91. The van der Waals surface area contributed by atoms with Gasteiger partial charge in [0, 0.05) is 12.3 Å². The second kappa shape index (κ2) is 18.7. The molecule has 0 radical (unpaired) electrons. The number of carbonyl (C=O) groups is 1. The maximum Gasteiger partial charge on any atom is 0.136 e. The highest BCUT2D eigenvalue weighted by Gasteiger charge is 2.16. The van der Waals surface area contributed by atoms with Gasteiger partial charge in [-0.2, -0.15) is 9.90 Å². The number of hydrogen-bond donors (Lipinski definition) is 0. The van der Waals surface area contributed by atoms with Crippen molar-refractivity contribution in [2.24, 2.45) is 5.92 Å². The molecule has 0 aliphatic rings. The average molecular weight is 502 g/mol. The number of carbonyl (C=O) groups excluding carboxylic acids is 1. The van der Waals surface area contributed by atoms with Crippen LogP contribution in [0.4, 0.5) is 0 Å². The Morgan fingerprint density at radius 1 is 0.958 bits per heavy atom. The van der Waals surface area contributed by atoms with Gasteiger partial charge in [-0.3, -0.25) is 4.79 Å². The first-order valence-electron chi connectivity index (χ1n) is 8.62. The second-order valence-electron chi connectivity index (χ2n) is 5.74. The molecule has 0 amide bonds. The zero-order chi connectivity index (χ0) is 17.0. The van der Waals surface area contributed by atoms with Gasteiger partial charge in [-0.15, -0.1) is 41.8 Å². The van der Waals surface area contributed by atoms with Crippen molar-refractivity contribution in [1.29, 1.82) is 0 Å². The van der Waals surface area contributed by atoms with E-state index in [1.165, 1.54) is 16.7 Å². The van der Waals surface area contributed by atoms with Crippen LogP contribution in [0.1, 0.15) is 70.1 Å². The molecule has 4 unspecified atom stereocenters. The van der Waals surface area contributed by atoms with Gasteiger partial charge in [0.25, 0.3) is 0 Å². The minimum Gasteiger partial charge on any atom is -0.299 e. The van der Waals surface area contributed by atoms with Crippen LogP contribution in [0.2, 0.25) is 0 Å². The lowest BCUT2D eigenvalue weighted by molar-refractivity contribution is -0.123. The molecule has 5 heteroatoms. The molecule has 1 aromatic rings. The van der Waals surface area contributed by atoms with Gasteiger partial charge in [-0.05, 0) is 48.8 Å². The fourth-order valence-corrected chi connectivity index (χ4v) is 2.69. The van der Waals surface area contributed by atoms with Crippen molar-refractivity contribution in [3.63, 3.8) is 0 Å². The van der Waals surface area contributed by atoms with Crippen molar-refractivity contribution in [1.82, 2.24) is 0 Å². The van der Waals surface area contributed by atoms with E-state index >= 15 is 0 Å². The number of rotatable bonds is 9. The van der Waals surface area contributed by atoms with Gasteiger partial charge >= 0.3 is 0 Å². The molecule has 0 aromatic heterocycles. The van der Waals surface area contributed by atoms with E-state index in [9.17, 15) is 4.79 Å². The first-order valence-corrected chi connectivity index (χ1v) is 11.3. The molecule has 24 heavy (non-hydrogen) atoms. The number of Topliss-reactive ketones (excluding diaryl/α,β-unsaturated/α-hetero) is 1. The standard InChI is InChI=1S/C19H30O.HI.H4P2.H3P/c1-5-9-10-19(20)18(8-4)14-17-12-15(6-2)11-16(7-3)13-17;;1-2;/h11-13,18H,5-10,14H2,1-4H3;1H;1-2H2;1H3. The molecule has 0 aliphatic heterocycles. The average Bonchev–Trinajstić information content (AvgIpc) is 2.58. The molecule has 1 rings (SSSR count). The van der Waals surface area contributed by atoms with Gasteiger partial charge in [0.1, 0.15) is 5.78 Å².